The van der Waals surface area contributed by atoms with Crippen molar-refractivity contribution < 1.29 is 36.6 Å². The molecule has 1 fully saturated rings. The van der Waals surface area contributed by atoms with Crippen LogP contribution in [0.25, 0.3) is 10.8 Å². The van der Waals surface area contributed by atoms with E-state index in [1.807, 2.05) is 0 Å². The van der Waals surface area contributed by atoms with Crippen LogP contribution < -0.4 is 20.5 Å². The summed E-state index contributed by atoms with van der Waals surface area (Å²) in [6.07, 6.45) is -7.42. The van der Waals surface area contributed by atoms with Crippen LogP contribution in [0.4, 0.5) is 17.6 Å². The molecule has 3 rings (SSSR count). The summed E-state index contributed by atoms with van der Waals surface area (Å²) in [6, 6.07) is 7.42. The molecule has 6 nitrogen and oxygen atoms in total. The van der Waals surface area contributed by atoms with Crippen LogP contribution in [0.3, 0.4) is 0 Å². The Morgan fingerprint density at radius 3 is 2.66 bits per heavy atom. The highest BCUT2D eigenvalue weighted by atomic mass is 19.4. The van der Waals surface area contributed by atoms with E-state index < -0.39 is 42.5 Å². The van der Waals surface area contributed by atoms with Crippen molar-refractivity contribution in [3.63, 3.8) is 0 Å². The third kappa shape index (κ3) is 4.20. The molecule has 0 saturated carbocycles. The fraction of sp³-hybridized carbons (Fsp3) is 0.368. The monoisotopic (exact) mass is 414 g/mol. The lowest BCUT2D eigenvalue weighted by atomic mass is 9.97. The van der Waals surface area contributed by atoms with Gasteiger partial charge in [0.15, 0.2) is 5.67 Å². The third-order valence-corrected chi connectivity index (χ3v) is 4.65. The quantitative estimate of drug-likeness (QED) is 0.712. The molecule has 2 aromatic carbocycles. The Balaban J connectivity index is 1.89. The van der Waals surface area contributed by atoms with Gasteiger partial charge in [-0.25, -0.2) is 4.39 Å². The van der Waals surface area contributed by atoms with E-state index in [4.69, 9.17) is 15.2 Å². The first-order valence-corrected chi connectivity index (χ1v) is 8.63. The number of halogens is 4. The predicted octanol–water partition coefficient (Wildman–Crippen LogP) is 2.88. The van der Waals surface area contributed by atoms with Crippen molar-refractivity contribution >= 4 is 22.6 Å². The minimum Gasteiger partial charge on any atom is -0.496 e. The summed E-state index contributed by atoms with van der Waals surface area (Å²) in [6.45, 7) is -0.354. The van der Waals surface area contributed by atoms with Crippen molar-refractivity contribution in [2.45, 2.75) is 30.7 Å². The van der Waals surface area contributed by atoms with Crippen molar-refractivity contribution in [1.82, 2.24) is 5.32 Å². The van der Waals surface area contributed by atoms with Crippen LogP contribution in [-0.2, 0) is 4.79 Å². The number of nitrogens with two attached hydrogens (primary N) is 1. The second-order valence-electron chi connectivity index (χ2n) is 6.81. The lowest BCUT2D eigenvalue weighted by Gasteiger charge is -2.19. The van der Waals surface area contributed by atoms with Crippen molar-refractivity contribution in [3.8, 4) is 11.5 Å². The second kappa shape index (κ2) is 7.41. The number of hydrogen-bond acceptors (Lipinski definition) is 4. The van der Waals surface area contributed by atoms with Crippen molar-refractivity contribution in [2.75, 3.05) is 13.7 Å². The SMILES string of the molecule is COc1cc2ccccc2c(OC[C@@H]2C[C@@](F)(CC(F)(F)F)C(=O)N2)c1C(N)=O. The molecule has 10 heteroatoms. The van der Waals surface area contributed by atoms with Crippen LogP contribution in [0.5, 0.6) is 11.5 Å². The minimum atomic E-state index is -4.83. The number of benzene rings is 2. The Morgan fingerprint density at radius 1 is 1.34 bits per heavy atom. The van der Waals surface area contributed by atoms with Crippen LogP contribution >= 0.6 is 0 Å². The van der Waals surface area contributed by atoms with E-state index in [2.05, 4.69) is 5.32 Å². The normalized spacial score (nSPS) is 21.8. The Labute approximate surface area is 162 Å². The molecule has 0 aromatic heterocycles. The van der Waals surface area contributed by atoms with Gasteiger partial charge in [-0.15, -0.1) is 0 Å². The van der Waals surface area contributed by atoms with E-state index in [0.29, 0.717) is 10.8 Å². The summed E-state index contributed by atoms with van der Waals surface area (Å²) in [5.74, 6) is -1.98. The highest BCUT2D eigenvalue weighted by Gasteiger charge is 2.54. The van der Waals surface area contributed by atoms with Gasteiger partial charge in [0.2, 0.25) is 0 Å². The molecule has 29 heavy (non-hydrogen) atoms. The number of methoxy groups -OCH3 is 1. The molecule has 0 radical (unpaired) electrons. The van der Waals surface area contributed by atoms with Gasteiger partial charge in [0, 0.05) is 11.8 Å². The molecular formula is C19H18F4N2O4. The van der Waals surface area contributed by atoms with Gasteiger partial charge in [-0.05, 0) is 11.5 Å². The summed E-state index contributed by atoms with van der Waals surface area (Å²) in [7, 11) is 1.34. The number of hydrogen-bond donors (Lipinski definition) is 2. The van der Waals surface area contributed by atoms with Crippen LogP contribution in [0, 0.1) is 0 Å². The highest BCUT2D eigenvalue weighted by molar-refractivity contribution is 6.06. The number of carbonyl (C=O) groups excluding carboxylic acids is 2. The number of ether oxygens (including phenoxy) is 2. The zero-order valence-electron chi connectivity index (χ0n) is 15.3. The molecule has 0 aliphatic carbocycles. The summed E-state index contributed by atoms with van der Waals surface area (Å²) in [4.78, 5) is 23.7. The molecule has 2 aromatic rings. The molecule has 3 N–H and O–H groups in total. The van der Waals surface area contributed by atoms with E-state index >= 15 is 0 Å². The summed E-state index contributed by atoms with van der Waals surface area (Å²) >= 11 is 0. The fourth-order valence-corrected chi connectivity index (χ4v) is 3.44. The molecule has 1 aliphatic heterocycles. The Kier molecular flexibility index (Phi) is 5.29. The van der Waals surface area contributed by atoms with E-state index in [1.54, 1.807) is 30.3 Å². The van der Waals surface area contributed by atoms with Gasteiger partial charge < -0.3 is 20.5 Å². The predicted molar refractivity (Wildman–Crippen MR) is 95.6 cm³/mol. The molecule has 1 saturated heterocycles. The van der Waals surface area contributed by atoms with E-state index in [1.165, 1.54) is 7.11 Å². The number of fused-ring (bicyclic) bond motifs is 1. The largest absolute Gasteiger partial charge is 0.496 e. The first kappa shape index (κ1) is 20.7. The summed E-state index contributed by atoms with van der Waals surface area (Å²) in [5.41, 5.74) is 2.33. The maximum atomic E-state index is 14.5. The van der Waals surface area contributed by atoms with Crippen molar-refractivity contribution in [2.24, 2.45) is 5.73 Å². The van der Waals surface area contributed by atoms with Crippen LogP contribution in [0.15, 0.2) is 30.3 Å². The number of amides is 2. The maximum absolute atomic E-state index is 14.5. The average molecular weight is 414 g/mol. The molecule has 2 atom stereocenters. The molecule has 156 valence electrons. The molecule has 0 unspecified atom stereocenters. The summed E-state index contributed by atoms with van der Waals surface area (Å²) < 4.78 is 63.1. The smallest absolute Gasteiger partial charge is 0.392 e. The second-order valence-corrected chi connectivity index (χ2v) is 6.81. The third-order valence-electron chi connectivity index (χ3n) is 4.65. The Bertz CT molecular complexity index is 963. The minimum absolute atomic E-state index is 0.0499. The van der Waals surface area contributed by atoms with Crippen LogP contribution in [0.2, 0.25) is 0 Å². The zero-order chi connectivity index (χ0) is 21.4. The number of rotatable bonds is 6. The lowest BCUT2D eigenvalue weighted by Crippen LogP contribution is -2.38. The van der Waals surface area contributed by atoms with Gasteiger partial charge in [-0.3, -0.25) is 9.59 Å². The van der Waals surface area contributed by atoms with Crippen molar-refractivity contribution in [1.29, 1.82) is 0 Å². The van der Waals surface area contributed by atoms with Crippen LogP contribution in [-0.4, -0.2) is 43.4 Å². The van der Waals surface area contributed by atoms with Gasteiger partial charge in [-0.2, -0.15) is 13.2 Å². The highest BCUT2D eigenvalue weighted by Crippen LogP contribution is 2.39. The topological polar surface area (TPSA) is 90.7 Å². The zero-order valence-corrected chi connectivity index (χ0v) is 15.3. The van der Waals surface area contributed by atoms with E-state index in [0.717, 1.165) is 0 Å². The number of carbonyl (C=O) groups is 2. The van der Waals surface area contributed by atoms with Gasteiger partial charge in [0.25, 0.3) is 11.8 Å². The molecule has 2 amide bonds. The van der Waals surface area contributed by atoms with Gasteiger partial charge in [0.05, 0.1) is 19.6 Å². The summed E-state index contributed by atoms with van der Waals surface area (Å²) in [5, 5.41) is 3.35. The van der Waals surface area contributed by atoms with Gasteiger partial charge in [0.1, 0.15) is 23.7 Å². The maximum Gasteiger partial charge on any atom is 0.392 e. The molecule has 1 aliphatic rings. The number of alkyl halides is 4. The van der Waals surface area contributed by atoms with Gasteiger partial charge >= 0.3 is 6.18 Å². The molecule has 1 heterocycles. The first-order valence-electron chi connectivity index (χ1n) is 8.63. The van der Waals surface area contributed by atoms with E-state index in [9.17, 15) is 27.2 Å². The Morgan fingerprint density at radius 2 is 2.03 bits per heavy atom. The van der Waals surface area contributed by atoms with Crippen molar-refractivity contribution in [3.05, 3.63) is 35.9 Å². The molecular weight excluding hydrogens is 396 g/mol. The molecule has 0 spiro atoms. The van der Waals surface area contributed by atoms with E-state index in [-0.39, 0.29) is 23.7 Å². The van der Waals surface area contributed by atoms with Gasteiger partial charge in [-0.1, -0.05) is 24.3 Å². The lowest BCUT2D eigenvalue weighted by molar-refractivity contribution is -0.168. The fourth-order valence-electron chi connectivity index (χ4n) is 3.44. The van der Waals surface area contributed by atoms with Crippen LogP contribution in [0.1, 0.15) is 23.2 Å². The average Bonchev–Trinajstić information content (AvgIpc) is 2.90. The number of primary amides is 1. The molecule has 0 bridgehead atoms. The Hall–Kier alpha value is -3.04. The number of nitrogens with one attached hydrogen (secondary N) is 1. The first-order chi connectivity index (χ1) is 13.5. The standard InChI is InChI=1S/C19H18F4N2O4/c1-28-13-6-10-4-2-3-5-12(10)15(14(13)16(24)26)29-8-11-7-18(20,17(27)25-11)9-19(21,22)23/h2-6,11H,7-9H2,1H3,(H2,24,26)(H,25,27)/t11-,18+/m0/s1.